The van der Waals surface area contributed by atoms with Crippen molar-refractivity contribution in [2.24, 2.45) is 0 Å². The minimum Gasteiger partial charge on any atom is -1.00 e. The molecule has 0 aliphatic rings. The second-order valence-electron chi connectivity index (χ2n) is 1.64. The molecule has 40 valence electrons. The molecule has 0 saturated carbocycles. The zero-order chi connectivity index (χ0) is 4.99. The Labute approximate surface area is 58.8 Å². The van der Waals surface area contributed by atoms with Gasteiger partial charge in [0.1, 0.15) is 0 Å². The Kier molecular flexibility index (Phi) is 9.86. The first-order chi connectivity index (χ1) is 2.77. The van der Waals surface area contributed by atoms with Crippen molar-refractivity contribution in [3.05, 3.63) is 0 Å². The average molecular weight is 96.1 g/mol. The van der Waals surface area contributed by atoms with Crippen LogP contribution in [0.5, 0.6) is 0 Å². The maximum atomic E-state index is 8.55. The third-order valence-electron chi connectivity index (χ3n) is 0.706. The van der Waals surface area contributed by atoms with Crippen LogP contribution in [0.15, 0.2) is 0 Å². The molecule has 0 aliphatic carbocycles. The first kappa shape index (κ1) is 10.5. The Morgan fingerprint density at radius 1 is 1.71 bits per heavy atom. The number of aliphatic hydroxyl groups excluding tert-OH is 1. The molecule has 7 heavy (non-hydrogen) atoms. The van der Waals surface area contributed by atoms with Crippen LogP contribution in [0, 0.1) is 0 Å². The molecule has 0 spiro atoms. The van der Waals surface area contributed by atoms with E-state index in [2.05, 4.69) is 6.92 Å². The Balaban J connectivity index is -0.000000125. The summed E-state index contributed by atoms with van der Waals surface area (Å²) in [5.74, 6) is 0. The topological polar surface area (TPSA) is 20.2 Å². The van der Waals surface area contributed by atoms with Gasteiger partial charge < -0.3 is 6.53 Å². The largest absolute Gasteiger partial charge is 1.00 e. The predicted octanol–water partition coefficient (Wildman–Crippen LogP) is -1.72. The van der Waals surface area contributed by atoms with E-state index in [9.17, 15) is 0 Å². The summed E-state index contributed by atoms with van der Waals surface area (Å²) in [6.45, 7) is 3.87. The van der Waals surface area contributed by atoms with Gasteiger partial charge in [0.15, 0.2) is 0 Å². The molecule has 0 radical (unpaired) electrons. The van der Waals surface area contributed by atoms with Gasteiger partial charge in [0.05, 0.1) is 6.10 Å². The van der Waals surface area contributed by atoms with E-state index in [0.29, 0.717) is 0 Å². The van der Waals surface area contributed by atoms with E-state index in [-0.39, 0.29) is 26.4 Å². The fourth-order valence-corrected chi connectivity index (χ4v) is 0.418. The molecule has 0 aromatic heterocycles. The van der Waals surface area contributed by atoms with Crippen molar-refractivity contribution in [1.29, 1.82) is 0 Å². The van der Waals surface area contributed by atoms with Crippen molar-refractivity contribution >= 4 is 0 Å². The van der Waals surface area contributed by atoms with Crippen LogP contribution in [0.1, 0.15) is 28.1 Å². The van der Waals surface area contributed by atoms with E-state index in [4.69, 9.17) is 5.11 Å². The molecule has 0 fully saturated rings. The number of hydrogen-bond acceptors (Lipinski definition) is 1. The molecular formula is C5H13LiO. The third kappa shape index (κ3) is 10.8. The molecule has 2 heteroatoms. The van der Waals surface area contributed by atoms with Gasteiger partial charge >= 0.3 is 18.9 Å². The van der Waals surface area contributed by atoms with E-state index in [1.165, 1.54) is 0 Å². The number of hydrogen-bond donors (Lipinski definition) is 1. The SMILES string of the molecule is CCC[C@H](C)O.[H-].[Li+]. The van der Waals surface area contributed by atoms with Crippen LogP contribution in [0.4, 0.5) is 0 Å². The van der Waals surface area contributed by atoms with Crippen molar-refractivity contribution in [3.63, 3.8) is 0 Å². The molecule has 0 amide bonds. The second kappa shape index (κ2) is 6.56. The van der Waals surface area contributed by atoms with Crippen molar-refractivity contribution < 1.29 is 25.4 Å². The van der Waals surface area contributed by atoms with Gasteiger partial charge in [-0.15, -0.1) is 0 Å². The Morgan fingerprint density at radius 2 is 2.14 bits per heavy atom. The normalized spacial score (nSPS) is 12.4. The maximum Gasteiger partial charge on any atom is 1.00 e. The van der Waals surface area contributed by atoms with Gasteiger partial charge in [0.25, 0.3) is 0 Å². The molecule has 0 saturated heterocycles. The zero-order valence-corrected chi connectivity index (χ0v) is 5.44. The molecule has 0 heterocycles. The summed E-state index contributed by atoms with van der Waals surface area (Å²) < 4.78 is 0. The predicted molar refractivity (Wildman–Crippen MR) is 27.7 cm³/mol. The van der Waals surface area contributed by atoms with Crippen LogP contribution < -0.4 is 18.9 Å². The molecular weight excluding hydrogens is 83.0 g/mol. The van der Waals surface area contributed by atoms with Crippen molar-refractivity contribution in [3.8, 4) is 0 Å². The van der Waals surface area contributed by atoms with E-state index >= 15 is 0 Å². The van der Waals surface area contributed by atoms with Crippen molar-refractivity contribution in [1.82, 2.24) is 0 Å². The van der Waals surface area contributed by atoms with Crippen LogP contribution in [0.3, 0.4) is 0 Å². The van der Waals surface area contributed by atoms with Gasteiger partial charge in [-0.25, -0.2) is 0 Å². The molecule has 0 aliphatic heterocycles. The first-order valence-electron chi connectivity index (χ1n) is 2.45. The van der Waals surface area contributed by atoms with Gasteiger partial charge in [-0.2, -0.15) is 0 Å². The average Bonchev–Trinajstić information content (AvgIpc) is 1.35. The quantitative estimate of drug-likeness (QED) is 0.406. The van der Waals surface area contributed by atoms with Crippen molar-refractivity contribution in [2.75, 3.05) is 0 Å². The van der Waals surface area contributed by atoms with Crippen LogP contribution in [-0.4, -0.2) is 11.2 Å². The summed E-state index contributed by atoms with van der Waals surface area (Å²) in [5, 5.41) is 8.55. The van der Waals surface area contributed by atoms with Gasteiger partial charge in [0.2, 0.25) is 0 Å². The summed E-state index contributed by atoms with van der Waals surface area (Å²) in [4.78, 5) is 0. The molecule has 1 N–H and O–H groups in total. The van der Waals surface area contributed by atoms with Gasteiger partial charge in [0, 0.05) is 0 Å². The van der Waals surface area contributed by atoms with E-state index in [0.717, 1.165) is 12.8 Å². The molecule has 0 bridgehead atoms. The van der Waals surface area contributed by atoms with Gasteiger partial charge in [-0.1, -0.05) is 13.3 Å². The fraction of sp³-hybridized carbons (Fsp3) is 1.00. The van der Waals surface area contributed by atoms with Crippen LogP contribution >= 0.6 is 0 Å². The Hall–Kier alpha value is 0.557. The molecule has 0 aromatic rings. The molecule has 0 unspecified atom stereocenters. The smallest absolute Gasteiger partial charge is 1.00 e. The van der Waals surface area contributed by atoms with Crippen molar-refractivity contribution in [2.45, 2.75) is 32.8 Å². The maximum absolute atomic E-state index is 8.55. The summed E-state index contributed by atoms with van der Waals surface area (Å²) in [5.41, 5.74) is 0. The number of aliphatic hydroxyl groups is 1. The van der Waals surface area contributed by atoms with E-state index in [1.807, 2.05) is 6.92 Å². The summed E-state index contributed by atoms with van der Waals surface area (Å²) in [7, 11) is 0. The van der Waals surface area contributed by atoms with Gasteiger partial charge in [-0.05, 0) is 13.3 Å². The second-order valence-corrected chi connectivity index (χ2v) is 1.64. The van der Waals surface area contributed by atoms with E-state index < -0.39 is 0 Å². The van der Waals surface area contributed by atoms with E-state index in [1.54, 1.807) is 0 Å². The van der Waals surface area contributed by atoms with Gasteiger partial charge in [-0.3, -0.25) is 0 Å². The fourth-order valence-electron chi connectivity index (χ4n) is 0.418. The zero-order valence-electron chi connectivity index (χ0n) is 6.44. The first-order valence-corrected chi connectivity index (χ1v) is 2.45. The standard InChI is InChI=1S/C5H12O.Li.H/c1-3-4-5(2)6;;/h5-6H,3-4H2,1-2H3;;/q;+1;-1/t5-;;/m0../s1. The monoisotopic (exact) mass is 96.1 g/mol. The minimum atomic E-state index is -0.102. The Bertz CT molecular complexity index is 33.6. The third-order valence-corrected chi connectivity index (χ3v) is 0.706. The minimum absolute atomic E-state index is 0. The number of rotatable bonds is 2. The molecule has 1 atom stereocenters. The molecule has 0 rings (SSSR count). The van der Waals surface area contributed by atoms with Crippen LogP contribution in [0.25, 0.3) is 0 Å². The molecule has 0 aromatic carbocycles. The van der Waals surface area contributed by atoms with Crippen LogP contribution in [0.2, 0.25) is 0 Å². The summed E-state index contributed by atoms with van der Waals surface area (Å²) in [6, 6.07) is 0. The Morgan fingerprint density at radius 3 is 2.14 bits per heavy atom. The summed E-state index contributed by atoms with van der Waals surface area (Å²) in [6.07, 6.45) is 1.91. The van der Waals surface area contributed by atoms with Crippen LogP contribution in [-0.2, 0) is 0 Å². The molecule has 1 nitrogen and oxygen atoms in total. The summed E-state index contributed by atoms with van der Waals surface area (Å²) >= 11 is 0.